The number of halogens is 1. The molecule has 1 amide bonds. The van der Waals surface area contributed by atoms with Gasteiger partial charge in [0.05, 0.1) is 5.52 Å². The van der Waals surface area contributed by atoms with Gasteiger partial charge in [-0.1, -0.05) is 33.5 Å². The smallest absolute Gasteiger partial charge is 0.229 e. The standard InChI is InChI=1S/C31H44FN5O3Si/c1-19(20-7-9-39-10-8-20)30(38)36(3)22-14-24(32)28-25(15-22)33-29(34-28)27-23-13-21-16-31(21,2)17-26(23)37(35-27)18-40-11-12-41(4,5)6/h14-15,19-21H,7-13,16-18H2,1-6H3,(H,33,34)/t19-,21-,31-/m1/s1. The summed E-state index contributed by atoms with van der Waals surface area (Å²) in [7, 11) is 0.539. The highest BCUT2D eigenvalue weighted by atomic mass is 28.3. The number of H-pyrrole nitrogens is 1. The zero-order valence-electron chi connectivity index (χ0n) is 25.3. The summed E-state index contributed by atoms with van der Waals surface area (Å²) in [6.07, 6.45) is 4.91. The lowest BCUT2D eigenvalue weighted by atomic mass is 9.86. The molecule has 0 spiro atoms. The van der Waals surface area contributed by atoms with Crippen LogP contribution in [0.3, 0.4) is 0 Å². The molecular weight excluding hydrogens is 537 g/mol. The Morgan fingerprint density at radius 2 is 2.07 bits per heavy atom. The van der Waals surface area contributed by atoms with Crippen molar-refractivity contribution in [3.8, 4) is 11.5 Å². The van der Waals surface area contributed by atoms with Crippen molar-refractivity contribution < 1.29 is 18.7 Å². The maximum Gasteiger partial charge on any atom is 0.229 e. The van der Waals surface area contributed by atoms with E-state index in [9.17, 15) is 4.79 Å². The Kier molecular flexibility index (Phi) is 7.39. The number of carbonyl (C=O) groups is 1. The first-order chi connectivity index (χ1) is 19.4. The van der Waals surface area contributed by atoms with Crippen LogP contribution in [0.2, 0.25) is 25.7 Å². The molecule has 0 unspecified atom stereocenters. The van der Waals surface area contributed by atoms with Crippen LogP contribution in [0.4, 0.5) is 10.1 Å². The van der Waals surface area contributed by atoms with Gasteiger partial charge in [0.25, 0.3) is 0 Å². The molecule has 2 aliphatic carbocycles. The largest absolute Gasteiger partial charge is 0.381 e. The van der Waals surface area contributed by atoms with E-state index in [0.29, 0.717) is 53.8 Å². The molecule has 0 bridgehead atoms. The third-order valence-corrected chi connectivity index (χ3v) is 11.5. The quantitative estimate of drug-likeness (QED) is 0.246. The van der Waals surface area contributed by atoms with Crippen LogP contribution >= 0.6 is 0 Å². The monoisotopic (exact) mass is 581 g/mol. The summed E-state index contributed by atoms with van der Waals surface area (Å²) in [5.74, 6) is 0.909. The molecule has 10 heteroatoms. The molecule has 3 aliphatic rings. The number of carbonyl (C=O) groups excluding carboxylic acids is 1. The molecule has 1 saturated heterocycles. The molecule has 3 atom stereocenters. The minimum absolute atomic E-state index is 0.0131. The number of nitrogens with one attached hydrogen (secondary N) is 1. The summed E-state index contributed by atoms with van der Waals surface area (Å²) >= 11 is 0. The Hall–Kier alpha value is -2.56. The number of nitrogens with zero attached hydrogens (tertiary/aromatic N) is 4. The second-order valence-corrected chi connectivity index (χ2v) is 19.7. The van der Waals surface area contributed by atoms with Crippen molar-refractivity contribution in [1.29, 1.82) is 0 Å². The van der Waals surface area contributed by atoms with Gasteiger partial charge in [0.2, 0.25) is 5.91 Å². The van der Waals surface area contributed by atoms with Crippen molar-refractivity contribution in [2.24, 2.45) is 23.2 Å². The molecule has 1 aliphatic heterocycles. The summed E-state index contributed by atoms with van der Waals surface area (Å²) in [6, 6.07) is 4.34. The number of anilines is 1. The molecule has 8 nitrogen and oxygen atoms in total. The molecule has 1 saturated carbocycles. The Balaban J connectivity index is 1.27. The van der Waals surface area contributed by atoms with Gasteiger partial charge in [-0.15, -0.1) is 0 Å². The molecule has 2 fully saturated rings. The number of aromatic nitrogens is 4. The van der Waals surface area contributed by atoms with E-state index in [2.05, 4.69) is 31.5 Å². The molecule has 41 heavy (non-hydrogen) atoms. The third-order valence-electron chi connectivity index (χ3n) is 9.77. The zero-order chi connectivity index (χ0) is 29.1. The van der Waals surface area contributed by atoms with Gasteiger partial charge in [-0.3, -0.25) is 4.79 Å². The van der Waals surface area contributed by atoms with Gasteiger partial charge in [-0.2, -0.15) is 5.10 Å². The van der Waals surface area contributed by atoms with Crippen LogP contribution in [0.15, 0.2) is 12.1 Å². The average Bonchev–Trinajstić information content (AvgIpc) is 3.24. The van der Waals surface area contributed by atoms with Crippen LogP contribution in [0, 0.1) is 29.0 Å². The van der Waals surface area contributed by atoms with E-state index in [1.54, 1.807) is 18.0 Å². The summed E-state index contributed by atoms with van der Waals surface area (Å²) in [6.45, 7) is 13.9. The predicted molar refractivity (Wildman–Crippen MR) is 161 cm³/mol. The van der Waals surface area contributed by atoms with Crippen molar-refractivity contribution in [3.63, 3.8) is 0 Å². The minimum atomic E-state index is -1.18. The Morgan fingerprint density at radius 1 is 1.32 bits per heavy atom. The Labute approximate surface area is 243 Å². The van der Waals surface area contributed by atoms with Crippen molar-refractivity contribution in [1.82, 2.24) is 19.7 Å². The van der Waals surface area contributed by atoms with Gasteiger partial charge < -0.3 is 19.4 Å². The summed E-state index contributed by atoms with van der Waals surface area (Å²) in [5, 5.41) is 4.98. The Morgan fingerprint density at radius 3 is 2.80 bits per heavy atom. The summed E-state index contributed by atoms with van der Waals surface area (Å²) < 4.78 is 29.0. The van der Waals surface area contributed by atoms with Crippen LogP contribution in [-0.4, -0.2) is 60.6 Å². The van der Waals surface area contributed by atoms with Gasteiger partial charge in [0.1, 0.15) is 17.9 Å². The van der Waals surface area contributed by atoms with E-state index in [-0.39, 0.29) is 17.7 Å². The molecule has 1 N–H and O–H groups in total. The first kappa shape index (κ1) is 28.6. The SMILES string of the molecule is C[C@@H](C(=O)N(C)c1cc(F)c2[nH]c(-c3nn(COCC[Si](C)(C)C)c4c3C[C@@H]3C[C@]3(C)C4)nc2c1)C1CCOCC1. The number of hydrogen-bond donors (Lipinski definition) is 1. The fourth-order valence-corrected chi connectivity index (χ4v) is 7.41. The van der Waals surface area contributed by atoms with Crippen LogP contribution in [-0.2, 0) is 33.8 Å². The lowest BCUT2D eigenvalue weighted by Gasteiger charge is -2.30. The first-order valence-electron chi connectivity index (χ1n) is 15.1. The highest BCUT2D eigenvalue weighted by molar-refractivity contribution is 6.76. The Bertz CT molecular complexity index is 1460. The normalized spacial score (nSPS) is 23.3. The van der Waals surface area contributed by atoms with E-state index >= 15 is 4.39 Å². The number of hydrogen-bond acceptors (Lipinski definition) is 5. The van der Waals surface area contributed by atoms with E-state index in [1.165, 1.54) is 23.7 Å². The fourth-order valence-electron chi connectivity index (χ4n) is 6.65. The van der Waals surface area contributed by atoms with Gasteiger partial charge in [-0.05, 0) is 67.5 Å². The number of amides is 1. The molecule has 222 valence electrons. The highest BCUT2D eigenvalue weighted by Gasteiger charge is 2.54. The van der Waals surface area contributed by atoms with Gasteiger partial charge >= 0.3 is 0 Å². The number of rotatable bonds is 9. The summed E-state index contributed by atoms with van der Waals surface area (Å²) in [5.41, 5.74) is 4.90. The zero-order valence-corrected chi connectivity index (χ0v) is 26.3. The van der Waals surface area contributed by atoms with E-state index in [4.69, 9.17) is 19.6 Å². The van der Waals surface area contributed by atoms with Crippen LogP contribution in [0.5, 0.6) is 0 Å². The topological polar surface area (TPSA) is 85.3 Å². The number of imidazole rings is 1. The molecule has 3 aromatic rings. The molecule has 2 aromatic heterocycles. The average molecular weight is 582 g/mol. The van der Waals surface area contributed by atoms with Crippen LogP contribution < -0.4 is 4.90 Å². The van der Waals surface area contributed by atoms with E-state index in [1.807, 2.05) is 11.6 Å². The van der Waals surface area contributed by atoms with Gasteiger partial charge in [-0.25, -0.2) is 14.1 Å². The van der Waals surface area contributed by atoms with Gasteiger partial charge in [0, 0.05) is 57.8 Å². The molecular formula is C31H44FN5O3Si. The fraction of sp³-hybridized carbons (Fsp3) is 0.645. The lowest BCUT2D eigenvalue weighted by Crippen LogP contribution is -2.37. The highest BCUT2D eigenvalue weighted by Crippen LogP contribution is 2.60. The number of aromatic amines is 1. The van der Waals surface area contributed by atoms with Crippen LogP contribution in [0.25, 0.3) is 22.6 Å². The van der Waals surface area contributed by atoms with E-state index in [0.717, 1.165) is 44.0 Å². The maximum atomic E-state index is 15.5. The predicted octanol–water partition coefficient (Wildman–Crippen LogP) is 6.03. The van der Waals surface area contributed by atoms with Crippen LogP contribution in [0.1, 0.15) is 44.4 Å². The molecule has 1 aromatic carbocycles. The maximum absolute atomic E-state index is 15.5. The number of fused-ring (bicyclic) bond motifs is 3. The van der Waals surface area contributed by atoms with Crippen molar-refractivity contribution in [2.45, 2.75) is 78.4 Å². The van der Waals surface area contributed by atoms with Gasteiger partial charge in [0.15, 0.2) is 11.6 Å². The van der Waals surface area contributed by atoms with Crippen molar-refractivity contribution in [3.05, 3.63) is 29.2 Å². The second-order valence-electron chi connectivity index (χ2n) is 14.1. The molecule has 6 rings (SSSR count). The van der Waals surface area contributed by atoms with E-state index < -0.39 is 13.9 Å². The first-order valence-corrected chi connectivity index (χ1v) is 18.9. The molecule has 0 radical (unpaired) electrons. The number of ether oxygens (including phenoxy) is 2. The summed E-state index contributed by atoms with van der Waals surface area (Å²) in [4.78, 5) is 22.9. The number of benzene rings is 1. The minimum Gasteiger partial charge on any atom is -0.381 e. The lowest BCUT2D eigenvalue weighted by molar-refractivity contribution is -0.124. The van der Waals surface area contributed by atoms with Crippen molar-refractivity contribution >= 4 is 30.7 Å². The third kappa shape index (κ3) is 5.62. The molecule has 3 heterocycles. The van der Waals surface area contributed by atoms with Crippen molar-refractivity contribution in [2.75, 3.05) is 31.8 Å². The second kappa shape index (κ2) is 10.6.